The highest BCUT2D eigenvalue weighted by Crippen LogP contribution is 2.40. The van der Waals surface area contributed by atoms with Gasteiger partial charge in [0.05, 0.1) is 12.0 Å². The van der Waals surface area contributed by atoms with Gasteiger partial charge >= 0.3 is 5.97 Å². The van der Waals surface area contributed by atoms with E-state index < -0.39 is 33.3 Å². The third-order valence-electron chi connectivity index (χ3n) is 6.65. The zero-order valence-electron chi connectivity index (χ0n) is 18.2. The van der Waals surface area contributed by atoms with Crippen LogP contribution in [0.4, 0.5) is 0 Å². The van der Waals surface area contributed by atoms with Gasteiger partial charge in [0.1, 0.15) is 15.3 Å². The number of halogens is 1. The van der Waals surface area contributed by atoms with Gasteiger partial charge in [-0.2, -0.15) is 0 Å². The summed E-state index contributed by atoms with van der Waals surface area (Å²) in [5, 5.41) is 41.4. The molecule has 0 bridgehead atoms. The van der Waals surface area contributed by atoms with E-state index in [-0.39, 0.29) is 29.4 Å². The molecular weight excluding hydrogens is 473 g/mol. The Morgan fingerprint density at radius 3 is 2.21 bits per heavy atom. The van der Waals surface area contributed by atoms with Gasteiger partial charge in [-0.3, -0.25) is 4.79 Å². The van der Waals surface area contributed by atoms with Crippen molar-refractivity contribution in [2.45, 2.75) is 89.1 Å². The van der Waals surface area contributed by atoms with Crippen LogP contribution >= 0.6 is 22.6 Å². The number of carbonyl (C=O) groups is 1. The van der Waals surface area contributed by atoms with E-state index in [0.29, 0.717) is 19.3 Å². The molecule has 0 unspecified atom stereocenters. The maximum atomic E-state index is 12.6. The van der Waals surface area contributed by atoms with Crippen LogP contribution < -0.4 is 0 Å². The van der Waals surface area contributed by atoms with Gasteiger partial charge in [0.2, 0.25) is 0 Å². The van der Waals surface area contributed by atoms with Crippen LogP contribution in [-0.2, 0) is 9.53 Å². The predicted octanol–water partition coefficient (Wildman–Crippen LogP) is 3.54. The predicted molar refractivity (Wildman–Crippen MR) is 119 cm³/mol. The van der Waals surface area contributed by atoms with Crippen LogP contribution in [0.25, 0.3) is 0 Å². The van der Waals surface area contributed by atoms with E-state index in [1.165, 1.54) is 6.92 Å². The lowest BCUT2D eigenvalue weighted by Gasteiger charge is -2.41. The molecule has 1 fully saturated rings. The standard InChI is InChI=1S/C21H38INO5/c1-8-16-20(7,26)18(24)14(5)17(23)13(4)10-21(22,27)15(6)11(2)9-12(3)19(25)28-16/h11-16,18,23-24,26-27H,8-10H2,1-7H3/t11-,12+,13+,14-,15+,16+,18+,20+,21+/m0/s1. The molecule has 0 aromatic carbocycles. The van der Waals surface area contributed by atoms with Gasteiger partial charge in [0, 0.05) is 11.6 Å². The molecule has 1 aliphatic rings. The van der Waals surface area contributed by atoms with E-state index in [2.05, 4.69) is 0 Å². The van der Waals surface area contributed by atoms with Gasteiger partial charge in [-0.25, -0.2) is 0 Å². The first kappa shape index (κ1) is 25.8. The first-order valence-corrected chi connectivity index (χ1v) is 11.3. The molecular formula is C21H38INO5. The van der Waals surface area contributed by atoms with Crippen molar-refractivity contribution in [2.24, 2.45) is 29.6 Å². The SMILES string of the molecule is CC[C@H]1OC(=O)[C@H](C)C[C@H](C)[C@@H](C)[C@@](O)(I)C[C@@H](C)C(=N)[C@H](C)[C@@H](O)[C@]1(C)O. The Hall–Kier alpha value is -0.250. The second-order valence-corrected chi connectivity index (χ2v) is 10.9. The maximum absolute atomic E-state index is 12.6. The molecule has 4 N–H and O–H groups in total. The Kier molecular flexibility index (Phi) is 8.94. The number of ether oxygens (including phenoxy) is 1. The Labute approximate surface area is 183 Å². The van der Waals surface area contributed by atoms with E-state index in [0.717, 1.165) is 0 Å². The molecule has 1 heterocycles. The first-order chi connectivity index (χ1) is 12.7. The van der Waals surface area contributed by atoms with Gasteiger partial charge in [-0.1, -0.05) is 41.5 Å². The van der Waals surface area contributed by atoms with Crippen molar-refractivity contribution in [3.63, 3.8) is 0 Å². The number of esters is 1. The van der Waals surface area contributed by atoms with Crippen molar-refractivity contribution >= 4 is 34.3 Å². The van der Waals surface area contributed by atoms with Crippen molar-refractivity contribution in [1.82, 2.24) is 0 Å². The molecule has 1 saturated heterocycles. The Morgan fingerprint density at radius 2 is 1.71 bits per heavy atom. The molecule has 1 aliphatic heterocycles. The van der Waals surface area contributed by atoms with Gasteiger partial charge in [-0.15, -0.1) is 0 Å². The Balaban J connectivity index is 3.33. The van der Waals surface area contributed by atoms with E-state index in [9.17, 15) is 20.1 Å². The summed E-state index contributed by atoms with van der Waals surface area (Å²) in [5.41, 5.74) is -1.41. The monoisotopic (exact) mass is 511 g/mol. The highest BCUT2D eigenvalue weighted by atomic mass is 127. The van der Waals surface area contributed by atoms with Crippen LogP contribution in [0, 0.1) is 35.0 Å². The molecule has 0 aromatic rings. The number of hydrogen-bond acceptors (Lipinski definition) is 6. The number of cyclic esters (lactones) is 1. The smallest absolute Gasteiger partial charge is 0.309 e. The summed E-state index contributed by atoms with van der Waals surface area (Å²) in [5.74, 6) is -1.73. The van der Waals surface area contributed by atoms with Crippen LogP contribution in [0.5, 0.6) is 0 Å². The molecule has 6 nitrogen and oxygen atoms in total. The Morgan fingerprint density at radius 1 is 1.18 bits per heavy atom. The van der Waals surface area contributed by atoms with Crippen molar-refractivity contribution in [1.29, 1.82) is 5.41 Å². The summed E-state index contributed by atoms with van der Waals surface area (Å²) in [7, 11) is 0. The molecule has 0 amide bonds. The van der Waals surface area contributed by atoms with Crippen molar-refractivity contribution in [2.75, 3.05) is 0 Å². The molecule has 0 aliphatic carbocycles. The zero-order chi connectivity index (χ0) is 22.0. The number of carbonyl (C=O) groups excluding carboxylic acids is 1. The molecule has 0 radical (unpaired) electrons. The molecule has 9 atom stereocenters. The molecule has 7 heteroatoms. The lowest BCUT2D eigenvalue weighted by atomic mass is 9.76. The number of aliphatic hydroxyl groups excluding tert-OH is 1. The summed E-state index contributed by atoms with van der Waals surface area (Å²) in [6.07, 6.45) is -0.850. The third-order valence-corrected chi connectivity index (χ3v) is 8.07. The fraction of sp³-hybridized carbons (Fsp3) is 0.905. The van der Waals surface area contributed by atoms with Crippen LogP contribution in [0.1, 0.15) is 67.7 Å². The van der Waals surface area contributed by atoms with Gasteiger partial charge in [0.15, 0.2) is 0 Å². The van der Waals surface area contributed by atoms with Gasteiger partial charge < -0.3 is 25.5 Å². The quantitative estimate of drug-likeness (QED) is 0.245. The van der Waals surface area contributed by atoms with E-state index in [1.54, 1.807) is 20.8 Å². The van der Waals surface area contributed by atoms with E-state index >= 15 is 0 Å². The van der Waals surface area contributed by atoms with Crippen molar-refractivity contribution < 1.29 is 24.9 Å². The molecule has 28 heavy (non-hydrogen) atoms. The minimum absolute atomic E-state index is 0.0670. The minimum Gasteiger partial charge on any atom is -0.459 e. The first-order valence-electron chi connectivity index (χ1n) is 10.3. The number of alkyl halides is 1. The van der Waals surface area contributed by atoms with Crippen LogP contribution in [0.3, 0.4) is 0 Å². The normalized spacial score (nSPS) is 47.3. The average Bonchev–Trinajstić information content (AvgIpc) is 2.61. The third kappa shape index (κ3) is 5.67. The van der Waals surface area contributed by atoms with Gasteiger partial charge in [-0.05, 0) is 66.5 Å². The zero-order valence-corrected chi connectivity index (χ0v) is 20.4. The second kappa shape index (κ2) is 9.71. The largest absolute Gasteiger partial charge is 0.459 e. The fourth-order valence-electron chi connectivity index (χ4n) is 4.21. The molecule has 164 valence electrons. The topological polar surface area (TPSA) is 111 Å². The summed E-state index contributed by atoms with van der Waals surface area (Å²) >= 11 is 2.04. The number of hydrogen-bond donors (Lipinski definition) is 4. The maximum Gasteiger partial charge on any atom is 0.309 e. The fourth-order valence-corrected chi connectivity index (χ4v) is 5.48. The minimum atomic E-state index is -1.68. The lowest BCUT2D eigenvalue weighted by molar-refractivity contribution is -0.186. The van der Waals surface area contributed by atoms with E-state index in [1.807, 2.05) is 43.4 Å². The molecule has 0 spiro atoms. The second-order valence-electron chi connectivity index (χ2n) is 9.07. The molecule has 0 aromatic heterocycles. The number of aliphatic hydroxyl groups is 3. The van der Waals surface area contributed by atoms with Crippen molar-refractivity contribution in [3.8, 4) is 0 Å². The lowest BCUT2D eigenvalue weighted by Crippen LogP contribution is -2.55. The highest BCUT2D eigenvalue weighted by Gasteiger charge is 2.46. The molecule has 0 saturated carbocycles. The van der Waals surface area contributed by atoms with Crippen LogP contribution in [0.2, 0.25) is 0 Å². The van der Waals surface area contributed by atoms with Crippen molar-refractivity contribution in [3.05, 3.63) is 0 Å². The van der Waals surface area contributed by atoms with Crippen LogP contribution in [0.15, 0.2) is 0 Å². The van der Waals surface area contributed by atoms with Gasteiger partial charge in [0.25, 0.3) is 0 Å². The van der Waals surface area contributed by atoms with Crippen LogP contribution in [-0.4, -0.2) is 48.4 Å². The summed E-state index contributed by atoms with van der Waals surface area (Å²) in [6, 6.07) is 0. The summed E-state index contributed by atoms with van der Waals surface area (Å²) in [6.45, 7) is 12.6. The Bertz CT molecular complexity index is 565. The highest BCUT2D eigenvalue weighted by molar-refractivity contribution is 14.1. The summed E-state index contributed by atoms with van der Waals surface area (Å²) in [4.78, 5) is 12.6. The van der Waals surface area contributed by atoms with E-state index in [4.69, 9.17) is 10.1 Å². The number of nitrogens with one attached hydrogen (secondary N) is 1. The number of rotatable bonds is 1. The summed E-state index contributed by atoms with van der Waals surface area (Å²) < 4.78 is 4.56. The average molecular weight is 511 g/mol. The molecule has 1 rings (SSSR count).